The summed E-state index contributed by atoms with van der Waals surface area (Å²) in [6.07, 6.45) is 2.83. The van der Waals surface area contributed by atoms with Crippen LogP contribution in [0, 0.1) is 0 Å². The van der Waals surface area contributed by atoms with Gasteiger partial charge in [-0.1, -0.05) is 23.7 Å². The highest BCUT2D eigenvalue weighted by atomic mass is 35.5. The third-order valence-electron chi connectivity index (χ3n) is 7.44. The number of nitrogens with one attached hydrogen (secondary N) is 1. The zero-order chi connectivity index (χ0) is 25.4. The van der Waals surface area contributed by atoms with Crippen LogP contribution in [0.4, 0.5) is 10.5 Å². The lowest BCUT2D eigenvalue weighted by Crippen LogP contribution is -2.55. The van der Waals surface area contributed by atoms with Gasteiger partial charge in [-0.05, 0) is 68.6 Å². The van der Waals surface area contributed by atoms with Gasteiger partial charge in [0.2, 0.25) is 0 Å². The molecule has 2 aromatic rings. The average Bonchev–Trinajstić information content (AvgIpc) is 3.59. The number of hydrogen-bond acceptors (Lipinski definition) is 6. The maximum atomic E-state index is 14.0. The minimum atomic E-state index is -1.26. The predicted octanol–water partition coefficient (Wildman–Crippen LogP) is 4.26. The summed E-state index contributed by atoms with van der Waals surface area (Å²) in [5, 5.41) is 3.59. The molecule has 0 aromatic heterocycles. The highest BCUT2D eigenvalue weighted by Crippen LogP contribution is 2.51. The van der Waals surface area contributed by atoms with E-state index in [2.05, 4.69) is 16.3 Å². The van der Waals surface area contributed by atoms with E-state index < -0.39 is 17.9 Å². The standard InChI is InChI=1S/C27H33ClN4O4/c1-30(2)26(34)36-24-7-6-14-32(24)27(21-16-19(28)9-11-22(21)29-25(27)33)20-10-8-18(15-23(20)35-3)17-31-12-4-5-13-31/h8-11,15-16,24H,4-7,12-14,17H2,1-3H3,(H,29,33)/t24-,27?/m0/s1. The van der Waals surface area contributed by atoms with Crippen LogP contribution in [0.15, 0.2) is 36.4 Å². The fourth-order valence-corrected chi connectivity index (χ4v) is 5.94. The first-order valence-electron chi connectivity index (χ1n) is 12.5. The van der Waals surface area contributed by atoms with Crippen molar-refractivity contribution in [1.29, 1.82) is 0 Å². The second kappa shape index (κ2) is 9.92. The van der Waals surface area contributed by atoms with Crippen LogP contribution in [0.2, 0.25) is 5.02 Å². The Morgan fingerprint density at radius 2 is 1.89 bits per heavy atom. The molecule has 2 fully saturated rings. The Balaban J connectivity index is 1.64. The monoisotopic (exact) mass is 512 g/mol. The van der Waals surface area contributed by atoms with Gasteiger partial charge < -0.3 is 19.7 Å². The summed E-state index contributed by atoms with van der Waals surface area (Å²) < 4.78 is 11.8. The topological polar surface area (TPSA) is 74.4 Å². The number of methoxy groups -OCH3 is 1. The van der Waals surface area contributed by atoms with E-state index in [1.807, 2.05) is 29.2 Å². The molecule has 2 saturated heterocycles. The number of benzene rings is 2. The van der Waals surface area contributed by atoms with Gasteiger partial charge in [0.05, 0.1) is 7.11 Å². The molecule has 0 saturated carbocycles. The number of rotatable bonds is 6. The molecule has 0 aliphatic carbocycles. The normalized spacial score (nSPS) is 24.0. The minimum absolute atomic E-state index is 0.210. The number of halogens is 1. The van der Waals surface area contributed by atoms with E-state index in [-0.39, 0.29) is 5.91 Å². The molecule has 192 valence electrons. The smallest absolute Gasteiger partial charge is 0.410 e. The van der Waals surface area contributed by atoms with Crippen LogP contribution in [0.25, 0.3) is 0 Å². The van der Waals surface area contributed by atoms with E-state index in [4.69, 9.17) is 21.1 Å². The highest BCUT2D eigenvalue weighted by molar-refractivity contribution is 6.31. The van der Waals surface area contributed by atoms with Crippen LogP contribution in [0.5, 0.6) is 5.75 Å². The van der Waals surface area contributed by atoms with Gasteiger partial charge in [-0.25, -0.2) is 9.69 Å². The van der Waals surface area contributed by atoms with Crippen LogP contribution < -0.4 is 10.1 Å². The lowest BCUT2D eigenvalue weighted by Gasteiger charge is -2.41. The molecular formula is C27H33ClN4O4. The second-order valence-corrected chi connectivity index (χ2v) is 10.4. The molecule has 2 amide bonds. The molecule has 5 rings (SSSR count). The molecule has 36 heavy (non-hydrogen) atoms. The number of nitrogens with zero attached hydrogens (tertiary/aromatic N) is 3. The fraction of sp³-hybridized carbons (Fsp3) is 0.481. The molecule has 3 aliphatic heterocycles. The van der Waals surface area contributed by atoms with Crippen molar-refractivity contribution in [3.63, 3.8) is 0 Å². The predicted molar refractivity (Wildman–Crippen MR) is 138 cm³/mol. The van der Waals surface area contributed by atoms with Crippen molar-refractivity contribution < 1.29 is 19.1 Å². The van der Waals surface area contributed by atoms with E-state index in [1.165, 1.54) is 17.7 Å². The lowest BCUT2D eigenvalue weighted by atomic mass is 9.81. The Hall–Kier alpha value is -2.81. The first-order valence-corrected chi connectivity index (χ1v) is 12.9. The van der Waals surface area contributed by atoms with Crippen LogP contribution in [0.1, 0.15) is 42.4 Å². The quantitative estimate of drug-likeness (QED) is 0.623. The van der Waals surface area contributed by atoms with E-state index in [1.54, 1.807) is 27.3 Å². The largest absolute Gasteiger partial charge is 0.496 e. The van der Waals surface area contributed by atoms with Crippen molar-refractivity contribution in [2.45, 2.75) is 44.0 Å². The fourth-order valence-electron chi connectivity index (χ4n) is 5.76. The summed E-state index contributed by atoms with van der Waals surface area (Å²) in [4.78, 5) is 32.4. The summed E-state index contributed by atoms with van der Waals surface area (Å²) in [6, 6.07) is 11.5. The number of hydrogen-bond donors (Lipinski definition) is 1. The summed E-state index contributed by atoms with van der Waals surface area (Å²) in [7, 11) is 4.93. The van der Waals surface area contributed by atoms with Crippen molar-refractivity contribution >= 4 is 29.3 Å². The van der Waals surface area contributed by atoms with Crippen LogP contribution >= 0.6 is 11.6 Å². The second-order valence-electron chi connectivity index (χ2n) is 9.94. The number of fused-ring (bicyclic) bond motifs is 1. The van der Waals surface area contributed by atoms with Gasteiger partial charge in [0.25, 0.3) is 5.91 Å². The number of ether oxygens (including phenoxy) is 2. The number of anilines is 1. The minimum Gasteiger partial charge on any atom is -0.496 e. The summed E-state index contributed by atoms with van der Waals surface area (Å²) in [5.41, 5.74) is 2.01. The Morgan fingerprint density at radius 3 is 2.61 bits per heavy atom. The maximum absolute atomic E-state index is 14.0. The zero-order valence-electron chi connectivity index (χ0n) is 21.1. The number of carbonyl (C=O) groups excluding carboxylic acids is 2. The van der Waals surface area contributed by atoms with Crippen molar-refractivity contribution in [3.8, 4) is 5.75 Å². The molecule has 0 bridgehead atoms. The van der Waals surface area contributed by atoms with E-state index in [9.17, 15) is 9.59 Å². The summed E-state index contributed by atoms with van der Waals surface area (Å²) in [6.45, 7) is 3.60. The van der Waals surface area contributed by atoms with Crippen LogP contribution in [-0.4, -0.2) is 73.8 Å². The first-order chi connectivity index (χ1) is 17.3. The Kier molecular flexibility index (Phi) is 6.85. The Bertz CT molecular complexity index is 1170. The molecule has 8 nitrogen and oxygen atoms in total. The molecule has 0 radical (unpaired) electrons. The number of carbonyl (C=O) groups is 2. The SMILES string of the molecule is COc1cc(CN2CCCC2)ccc1C1(N2CCC[C@@H]2OC(=O)N(C)C)C(=O)Nc2ccc(Cl)cc21. The van der Waals surface area contributed by atoms with Crippen molar-refractivity contribution in [2.24, 2.45) is 0 Å². The molecule has 0 spiro atoms. The van der Waals surface area contributed by atoms with Crippen molar-refractivity contribution in [1.82, 2.24) is 14.7 Å². The third kappa shape index (κ3) is 4.21. The zero-order valence-corrected chi connectivity index (χ0v) is 21.8. The maximum Gasteiger partial charge on any atom is 0.410 e. The number of amides is 2. The van der Waals surface area contributed by atoms with Gasteiger partial charge in [0.15, 0.2) is 11.8 Å². The van der Waals surface area contributed by atoms with Crippen LogP contribution in [0.3, 0.4) is 0 Å². The lowest BCUT2D eigenvalue weighted by molar-refractivity contribution is -0.131. The van der Waals surface area contributed by atoms with Gasteiger partial charge >= 0.3 is 6.09 Å². The van der Waals surface area contributed by atoms with Crippen LogP contribution in [-0.2, 0) is 21.6 Å². The third-order valence-corrected chi connectivity index (χ3v) is 7.67. The summed E-state index contributed by atoms with van der Waals surface area (Å²) >= 11 is 6.46. The van der Waals surface area contributed by atoms with Crippen molar-refractivity contribution in [3.05, 3.63) is 58.1 Å². The van der Waals surface area contributed by atoms with E-state index >= 15 is 0 Å². The molecular weight excluding hydrogens is 480 g/mol. The van der Waals surface area contributed by atoms with Gasteiger partial charge in [0.1, 0.15) is 5.75 Å². The Labute approximate surface area is 217 Å². The molecule has 1 unspecified atom stereocenters. The summed E-state index contributed by atoms with van der Waals surface area (Å²) in [5.74, 6) is 0.414. The van der Waals surface area contributed by atoms with Crippen molar-refractivity contribution in [2.75, 3.05) is 46.2 Å². The molecule has 2 aromatic carbocycles. The average molecular weight is 513 g/mol. The van der Waals surface area contributed by atoms with E-state index in [0.29, 0.717) is 35.0 Å². The number of likely N-dealkylation sites (tertiary alicyclic amines) is 2. The molecule has 1 N–H and O–H groups in total. The van der Waals surface area contributed by atoms with Gasteiger partial charge in [-0.15, -0.1) is 0 Å². The molecule has 2 atom stereocenters. The molecule has 3 heterocycles. The van der Waals surface area contributed by atoms with E-state index in [0.717, 1.165) is 37.2 Å². The first kappa shape index (κ1) is 24.9. The van der Waals surface area contributed by atoms with Gasteiger partial charge in [0, 0.05) is 49.0 Å². The molecule has 3 aliphatic rings. The van der Waals surface area contributed by atoms with Gasteiger partial charge in [-0.2, -0.15) is 0 Å². The Morgan fingerprint density at radius 1 is 1.11 bits per heavy atom. The molecule has 9 heteroatoms. The van der Waals surface area contributed by atoms with Gasteiger partial charge in [-0.3, -0.25) is 9.69 Å². The highest BCUT2D eigenvalue weighted by Gasteiger charge is 2.57.